The zero-order valence-electron chi connectivity index (χ0n) is 32.8. The summed E-state index contributed by atoms with van der Waals surface area (Å²) in [5, 5.41) is 48.5. The van der Waals surface area contributed by atoms with Crippen molar-refractivity contribution in [1.82, 2.24) is 0 Å². The number of hydrogen-bond acceptors (Lipinski definition) is 14. The molecule has 59 heavy (non-hydrogen) atoms. The van der Waals surface area contributed by atoms with Gasteiger partial charge < -0.3 is 49.6 Å². The van der Waals surface area contributed by atoms with Gasteiger partial charge in [-0.05, 0) is 38.5 Å². The molecular weight excluding hydrogens is 788 g/mol. The van der Waals surface area contributed by atoms with Crippen LogP contribution in [-0.4, -0.2) is 117 Å². The van der Waals surface area contributed by atoms with E-state index in [2.05, 4.69) is 58.4 Å². The second kappa shape index (κ2) is 38.6. The molecule has 0 radical (unpaired) electrons. The predicted octanol–water partition coefficient (Wildman–Crippen LogP) is 4.22. The molecule has 0 amide bonds. The van der Waals surface area contributed by atoms with Crippen LogP contribution in [-0.2, 0) is 62.1 Å². The Labute approximate surface area is 339 Å². The van der Waals surface area contributed by atoms with Gasteiger partial charge in [0, 0.05) is 28.9 Å². The second-order valence-corrected chi connectivity index (χ2v) is 10.4. The van der Waals surface area contributed by atoms with Crippen LogP contribution in [0.25, 0.3) is 6.08 Å². The molecule has 0 saturated carbocycles. The fraction of sp³-hybridized carbons (Fsp3) is 0.282. The molecule has 20 heteroatoms. The number of rotatable bonds is 19. The topological polar surface area (TPSA) is 329 Å². The van der Waals surface area contributed by atoms with Crippen molar-refractivity contribution in [3.63, 3.8) is 0 Å². The van der Waals surface area contributed by atoms with Crippen LogP contribution in [0.2, 0.25) is 0 Å². The van der Waals surface area contributed by atoms with Gasteiger partial charge in [-0.25, -0.2) is 28.8 Å². The Kier molecular flexibility index (Phi) is 39.7. The molecule has 1 aromatic carbocycles. The van der Waals surface area contributed by atoms with Crippen molar-refractivity contribution in [3.8, 4) is 0 Å². The quantitative estimate of drug-likeness (QED) is 0.0491. The highest BCUT2D eigenvalue weighted by Gasteiger charge is 2.08. The van der Waals surface area contributed by atoms with Crippen LogP contribution in [0.15, 0.2) is 92.6 Å². The van der Waals surface area contributed by atoms with Crippen LogP contribution in [0.1, 0.15) is 62.4 Å². The zero-order valence-corrected chi connectivity index (χ0v) is 32.8. The number of carbonyl (C=O) groups is 10. The van der Waals surface area contributed by atoms with Crippen molar-refractivity contribution in [2.45, 2.75) is 46.5 Å². The molecule has 0 aliphatic heterocycles. The van der Waals surface area contributed by atoms with Gasteiger partial charge in [-0.15, -0.1) is 0 Å². The molecule has 20 nitrogen and oxygen atoms in total. The molecule has 0 unspecified atom stereocenters. The first kappa shape index (κ1) is 60.6. The number of ether oxygens (including phenoxy) is 4. The summed E-state index contributed by atoms with van der Waals surface area (Å²) < 4.78 is 18.1. The SMILES string of the molecule is C=C(C)C(=O)O.C=C(C)C(=O)OCCC(=O)O.C=C(C)C(=O)OCCOC(=O)CCC(=O)O.C=CC(=O)O.C=CC(=O)OCCC(=O)O.C=Cc1ccc(C(=O)O)cc1. The van der Waals surface area contributed by atoms with E-state index in [0.29, 0.717) is 5.56 Å². The third-order valence-corrected chi connectivity index (χ3v) is 5.03. The van der Waals surface area contributed by atoms with Crippen molar-refractivity contribution < 1.29 is 97.5 Å². The average molecular weight is 839 g/mol. The molecule has 0 aromatic heterocycles. The lowest BCUT2D eigenvalue weighted by atomic mass is 10.1. The summed E-state index contributed by atoms with van der Waals surface area (Å²) in [7, 11) is 0. The van der Waals surface area contributed by atoms with Crippen molar-refractivity contribution in [2.24, 2.45) is 0 Å². The Balaban J connectivity index is -0.000000205. The van der Waals surface area contributed by atoms with Crippen molar-refractivity contribution in [3.05, 3.63) is 104 Å². The van der Waals surface area contributed by atoms with E-state index in [1.54, 1.807) is 30.3 Å². The Morgan fingerprint density at radius 3 is 1.20 bits per heavy atom. The first-order chi connectivity index (χ1) is 27.3. The minimum atomic E-state index is -1.06. The highest BCUT2D eigenvalue weighted by molar-refractivity contribution is 5.88. The van der Waals surface area contributed by atoms with E-state index < -0.39 is 59.7 Å². The molecule has 0 atom stereocenters. The van der Waals surface area contributed by atoms with Crippen molar-refractivity contribution in [1.29, 1.82) is 0 Å². The lowest BCUT2D eigenvalue weighted by Crippen LogP contribution is -2.14. The average Bonchev–Trinajstić information content (AvgIpc) is 3.16. The fourth-order valence-corrected chi connectivity index (χ4v) is 2.11. The number of hydrogen-bond donors (Lipinski definition) is 6. The Bertz CT molecular complexity index is 1620. The smallest absolute Gasteiger partial charge is 0.335 e. The fourth-order valence-electron chi connectivity index (χ4n) is 2.11. The van der Waals surface area contributed by atoms with Gasteiger partial charge in [0.2, 0.25) is 0 Å². The summed E-state index contributed by atoms with van der Waals surface area (Å²) in [5.41, 5.74) is 1.94. The lowest BCUT2D eigenvalue weighted by molar-refractivity contribution is -0.151. The molecule has 0 heterocycles. The second-order valence-electron chi connectivity index (χ2n) is 10.4. The Morgan fingerprint density at radius 1 is 0.525 bits per heavy atom. The van der Waals surface area contributed by atoms with Crippen LogP contribution in [0, 0.1) is 0 Å². The van der Waals surface area contributed by atoms with E-state index in [0.717, 1.165) is 17.7 Å². The van der Waals surface area contributed by atoms with E-state index in [4.69, 9.17) is 30.6 Å². The normalized spacial score (nSPS) is 8.59. The van der Waals surface area contributed by atoms with Gasteiger partial charge in [-0.1, -0.05) is 57.7 Å². The summed E-state index contributed by atoms with van der Waals surface area (Å²) >= 11 is 0. The van der Waals surface area contributed by atoms with Crippen LogP contribution in [0.4, 0.5) is 0 Å². The number of aliphatic carboxylic acids is 5. The van der Waals surface area contributed by atoms with Gasteiger partial charge in [-0.2, -0.15) is 0 Å². The predicted molar refractivity (Wildman–Crippen MR) is 209 cm³/mol. The summed E-state index contributed by atoms with van der Waals surface area (Å²) in [6, 6.07) is 6.55. The maximum atomic E-state index is 10.9. The molecule has 1 aromatic rings. The molecule has 326 valence electrons. The van der Waals surface area contributed by atoms with Crippen molar-refractivity contribution >= 4 is 65.8 Å². The third kappa shape index (κ3) is 50.4. The number of aromatic carboxylic acids is 1. The van der Waals surface area contributed by atoms with E-state index in [-0.39, 0.29) is 68.8 Å². The first-order valence-electron chi connectivity index (χ1n) is 16.2. The van der Waals surface area contributed by atoms with Gasteiger partial charge >= 0.3 is 59.7 Å². The van der Waals surface area contributed by atoms with Gasteiger partial charge in [0.05, 0.1) is 31.2 Å². The molecule has 0 aliphatic carbocycles. The molecule has 0 spiro atoms. The monoisotopic (exact) mass is 838 g/mol. The maximum absolute atomic E-state index is 10.9. The van der Waals surface area contributed by atoms with Crippen molar-refractivity contribution in [2.75, 3.05) is 26.4 Å². The van der Waals surface area contributed by atoms with E-state index in [9.17, 15) is 47.9 Å². The Morgan fingerprint density at radius 2 is 0.898 bits per heavy atom. The molecule has 1 rings (SSSR count). The highest BCUT2D eigenvalue weighted by Crippen LogP contribution is 2.04. The largest absolute Gasteiger partial charge is 0.481 e. The molecule has 0 aliphatic rings. The maximum Gasteiger partial charge on any atom is 0.335 e. The summed E-state index contributed by atoms with van der Waals surface area (Å²) in [6.07, 6.45) is 2.69. The highest BCUT2D eigenvalue weighted by atomic mass is 16.6. The summed E-state index contributed by atoms with van der Waals surface area (Å²) in [6.45, 7) is 23.6. The van der Waals surface area contributed by atoms with Crippen LogP contribution >= 0.6 is 0 Å². The minimum absolute atomic E-state index is 0.0650. The summed E-state index contributed by atoms with van der Waals surface area (Å²) in [5.74, 6) is -8.19. The minimum Gasteiger partial charge on any atom is -0.481 e. The van der Waals surface area contributed by atoms with Gasteiger partial charge in [0.15, 0.2) is 0 Å². The van der Waals surface area contributed by atoms with E-state index >= 15 is 0 Å². The van der Waals surface area contributed by atoms with Gasteiger partial charge in [-0.3, -0.25) is 19.2 Å². The zero-order chi connectivity index (χ0) is 47.1. The van der Waals surface area contributed by atoms with Gasteiger partial charge in [0.1, 0.15) is 26.4 Å². The molecule has 0 fully saturated rings. The molecule has 0 saturated heterocycles. The van der Waals surface area contributed by atoms with Crippen LogP contribution in [0.5, 0.6) is 0 Å². The number of carbonyl (C=O) groups excluding carboxylic acids is 4. The molecular formula is C39H50O20. The first-order valence-corrected chi connectivity index (χ1v) is 16.2. The van der Waals surface area contributed by atoms with E-state index in [1.165, 1.54) is 20.8 Å². The standard InChI is InChI=1S/C10H14O6.C9H8O2.C7H10O4.C6H8O4.C4H6O2.C3H4O2/c1-7(2)10(14)16-6-5-15-9(13)4-3-8(11)12;1-2-7-3-5-8(6-4-7)9(10)11;1-5(2)7(10)11-4-3-6(8)9;1-2-6(9)10-4-3-5(7)8;1-3(2)4(5)6;1-2-3(4)5/h1,3-6H2,2H3,(H,11,12);2-6H,1H2,(H,10,11);1,3-4H2,2H3,(H,8,9);2H,1,3-4H2,(H,7,8);1H2,2H3,(H,5,6);2H,1H2,(H,4,5). The third-order valence-electron chi connectivity index (χ3n) is 5.03. The number of esters is 4. The lowest BCUT2D eigenvalue weighted by Gasteiger charge is -2.05. The van der Waals surface area contributed by atoms with Gasteiger partial charge in [0.25, 0.3) is 0 Å². The number of benzene rings is 1. The molecule has 6 N–H and O–H groups in total. The number of carboxylic acid groups (broad SMARTS) is 6. The Hall–Kier alpha value is -7.64. The summed E-state index contributed by atoms with van der Waals surface area (Å²) in [4.78, 5) is 102. The number of carboxylic acids is 6. The molecule has 0 bridgehead atoms. The van der Waals surface area contributed by atoms with E-state index in [1.807, 2.05) is 0 Å². The van der Waals surface area contributed by atoms with Crippen LogP contribution < -0.4 is 0 Å². The van der Waals surface area contributed by atoms with Crippen LogP contribution in [0.3, 0.4) is 0 Å².